The van der Waals surface area contributed by atoms with Crippen LogP contribution in [0, 0.1) is 11.3 Å². The summed E-state index contributed by atoms with van der Waals surface area (Å²) < 4.78 is 1.79. The monoisotopic (exact) mass is 267 g/mol. The Hall–Kier alpha value is -2.45. The maximum absolute atomic E-state index is 11.8. The third-order valence-corrected chi connectivity index (χ3v) is 3.62. The molecule has 5 heteroatoms. The minimum Gasteiger partial charge on any atom is -0.293 e. The second-order valence-corrected chi connectivity index (χ2v) is 4.99. The second kappa shape index (κ2) is 4.34. The van der Waals surface area contributed by atoms with Crippen LogP contribution in [0.15, 0.2) is 35.8 Å². The van der Waals surface area contributed by atoms with Gasteiger partial charge in [-0.05, 0) is 12.1 Å². The Morgan fingerprint density at radius 3 is 3.05 bits per heavy atom. The number of ketones is 1. The molecule has 0 unspecified atom stereocenters. The third-order valence-electron chi connectivity index (χ3n) is 2.86. The van der Waals surface area contributed by atoms with E-state index in [2.05, 4.69) is 11.1 Å². The average Bonchev–Trinajstić information content (AvgIpc) is 2.98. The maximum atomic E-state index is 11.8. The largest absolute Gasteiger partial charge is 0.293 e. The number of carbonyl (C=O) groups excluding carboxylic acids is 1. The molecule has 2 aromatic heterocycles. The Kier molecular flexibility index (Phi) is 2.65. The van der Waals surface area contributed by atoms with Gasteiger partial charge in [0.1, 0.15) is 11.4 Å². The minimum absolute atomic E-state index is 0.0386. The van der Waals surface area contributed by atoms with Crippen LogP contribution in [0.1, 0.15) is 23.0 Å². The topological polar surface area (TPSA) is 58.2 Å². The highest BCUT2D eigenvalue weighted by atomic mass is 32.1. The van der Waals surface area contributed by atoms with Crippen LogP contribution in [0.3, 0.4) is 0 Å². The lowest BCUT2D eigenvalue weighted by atomic mass is 10.1. The summed E-state index contributed by atoms with van der Waals surface area (Å²) in [5, 5.41) is 10.8. The number of imidazole rings is 1. The molecule has 2 heterocycles. The predicted molar refractivity (Wildman–Crippen MR) is 73.2 cm³/mol. The molecule has 0 aliphatic rings. The molecule has 0 saturated heterocycles. The number of rotatable bonds is 2. The van der Waals surface area contributed by atoms with E-state index >= 15 is 0 Å². The zero-order valence-corrected chi connectivity index (χ0v) is 10.9. The van der Waals surface area contributed by atoms with Crippen molar-refractivity contribution in [1.82, 2.24) is 9.38 Å². The van der Waals surface area contributed by atoms with Gasteiger partial charge in [-0.25, -0.2) is 4.98 Å². The van der Waals surface area contributed by atoms with E-state index in [1.807, 2.05) is 17.6 Å². The molecule has 0 radical (unpaired) electrons. The number of Topliss-reactive ketones (excluding diaryl/α,β-unsaturated/α-hetero) is 1. The van der Waals surface area contributed by atoms with E-state index in [1.165, 1.54) is 18.3 Å². The molecular formula is C14H9N3OS. The SMILES string of the molecule is CC(=O)c1c(-c2cccc(C#N)c2)nc2sccn12. The van der Waals surface area contributed by atoms with Gasteiger partial charge in [-0.3, -0.25) is 9.20 Å². The number of aromatic nitrogens is 2. The number of thiazole rings is 1. The Bertz CT molecular complexity index is 823. The van der Waals surface area contributed by atoms with E-state index in [0.29, 0.717) is 17.0 Å². The molecule has 0 aliphatic carbocycles. The Labute approximate surface area is 113 Å². The van der Waals surface area contributed by atoms with Crippen LogP contribution in [0.25, 0.3) is 16.2 Å². The molecule has 0 saturated carbocycles. The number of nitriles is 1. The van der Waals surface area contributed by atoms with Crippen molar-refractivity contribution in [3.8, 4) is 17.3 Å². The zero-order chi connectivity index (χ0) is 13.4. The minimum atomic E-state index is -0.0386. The van der Waals surface area contributed by atoms with Gasteiger partial charge in [0.2, 0.25) is 0 Å². The van der Waals surface area contributed by atoms with Crippen molar-refractivity contribution in [2.75, 3.05) is 0 Å². The smallest absolute Gasteiger partial charge is 0.194 e. The van der Waals surface area contributed by atoms with Gasteiger partial charge in [-0.2, -0.15) is 5.26 Å². The lowest BCUT2D eigenvalue weighted by molar-refractivity contribution is 0.101. The number of fused-ring (bicyclic) bond motifs is 1. The molecule has 0 amide bonds. The highest BCUT2D eigenvalue weighted by molar-refractivity contribution is 7.15. The first-order chi connectivity index (χ1) is 9.20. The molecule has 1 aromatic carbocycles. The lowest BCUT2D eigenvalue weighted by Crippen LogP contribution is -1.99. The highest BCUT2D eigenvalue weighted by Gasteiger charge is 2.18. The molecule has 19 heavy (non-hydrogen) atoms. The Morgan fingerprint density at radius 1 is 1.47 bits per heavy atom. The fourth-order valence-electron chi connectivity index (χ4n) is 2.06. The molecule has 0 atom stereocenters. The van der Waals surface area contributed by atoms with Crippen LogP contribution in [-0.2, 0) is 0 Å². The Morgan fingerprint density at radius 2 is 2.32 bits per heavy atom. The van der Waals surface area contributed by atoms with Gasteiger partial charge in [-0.15, -0.1) is 11.3 Å². The van der Waals surface area contributed by atoms with Crippen LogP contribution in [0.4, 0.5) is 0 Å². The maximum Gasteiger partial charge on any atom is 0.194 e. The normalized spacial score (nSPS) is 10.5. The summed E-state index contributed by atoms with van der Waals surface area (Å²) >= 11 is 1.48. The molecule has 3 rings (SSSR count). The summed E-state index contributed by atoms with van der Waals surface area (Å²) in [5.41, 5.74) is 2.55. The van der Waals surface area contributed by atoms with Gasteiger partial charge in [-0.1, -0.05) is 12.1 Å². The summed E-state index contributed by atoms with van der Waals surface area (Å²) in [5.74, 6) is -0.0386. The molecule has 3 aromatic rings. The summed E-state index contributed by atoms with van der Waals surface area (Å²) in [4.78, 5) is 17.1. The van der Waals surface area contributed by atoms with Crippen LogP contribution in [0.5, 0.6) is 0 Å². The molecule has 4 nitrogen and oxygen atoms in total. The van der Waals surface area contributed by atoms with E-state index < -0.39 is 0 Å². The lowest BCUT2D eigenvalue weighted by Gasteiger charge is -2.01. The fraction of sp³-hybridized carbons (Fsp3) is 0.0714. The van der Waals surface area contributed by atoms with E-state index in [4.69, 9.17) is 5.26 Å². The van der Waals surface area contributed by atoms with Crippen LogP contribution in [0.2, 0.25) is 0 Å². The zero-order valence-electron chi connectivity index (χ0n) is 10.1. The van der Waals surface area contributed by atoms with Crippen LogP contribution in [-0.4, -0.2) is 15.2 Å². The van der Waals surface area contributed by atoms with Gasteiger partial charge in [0, 0.05) is 24.1 Å². The molecule has 0 aliphatic heterocycles. The molecular weight excluding hydrogens is 258 g/mol. The van der Waals surface area contributed by atoms with Crippen molar-refractivity contribution >= 4 is 22.1 Å². The predicted octanol–water partition coefficient (Wildman–Crippen LogP) is 3.14. The number of carbonyl (C=O) groups is 1. The summed E-state index contributed by atoms with van der Waals surface area (Å²) in [6, 6.07) is 9.23. The number of hydrogen-bond acceptors (Lipinski definition) is 4. The van der Waals surface area contributed by atoms with Gasteiger partial charge in [0.15, 0.2) is 10.7 Å². The number of nitrogens with zero attached hydrogens (tertiary/aromatic N) is 3. The van der Waals surface area contributed by atoms with E-state index in [1.54, 1.807) is 22.6 Å². The van der Waals surface area contributed by atoms with Gasteiger partial charge in [0.05, 0.1) is 11.6 Å². The Balaban J connectivity index is 2.29. The molecule has 0 N–H and O–H groups in total. The van der Waals surface area contributed by atoms with Crippen molar-refractivity contribution in [1.29, 1.82) is 5.26 Å². The van der Waals surface area contributed by atoms with E-state index in [0.717, 1.165) is 10.5 Å². The molecule has 0 spiro atoms. The first-order valence-electron chi connectivity index (χ1n) is 5.67. The van der Waals surface area contributed by atoms with Gasteiger partial charge < -0.3 is 0 Å². The van der Waals surface area contributed by atoms with Gasteiger partial charge in [0.25, 0.3) is 0 Å². The molecule has 92 valence electrons. The summed E-state index contributed by atoms with van der Waals surface area (Å²) in [6.45, 7) is 1.53. The molecule has 0 fully saturated rings. The van der Waals surface area contributed by atoms with E-state index in [-0.39, 0.29) is 5.78 Å². The molecule has 0 bridgehead atoms. The first kappa shape index (κ1) is 11.6. The highest BCUT2D eigenvalue weighted by Crippen LogP contribution is 2.27. The van der Waals surface area contributed by atoms with Crippen molar-refractivity contribution in [2.45, 2.75) is 6.92 Å². The standard InChI is InChI=1S/C14H9N3OS/c1-9(18)13-12(16-14-17(13)5-6-19-14)11-4-2-3-10(7-11)8-15/h2-7H,1H3. The van der Waals surface area contributed by atoms with Crippen LogP contribution < -0.4 is 0 Å². The second-order valence-electron chi connectivity index (χ2n) is 4.11. The van der Waals surface area contributed by atoms with Crippen LogP contribution >= 0.6 is 11.3 Å². The first-order valence-corrected chi connectivity index (χ1v) is 6.55. The van der Waals surface area contributed by atoms with Crippen molar-refractivity contribution in [2.24, 2.45) is 0 Å². The van der Waals surface area contributed by atoms with Gasteiger partial charge >= 0.3 is 0 Å². The van der Waals surface area contributed by atoms with E-state index in [9.17, 15) is 4.79 Å². The van der Waals surface area contributed by atoms with Crippen molar-refractivity contribution in [3.05, 3.63) is 47.1 Å². The quantitative estimate of drug-likeness (QED) is 0.670. The number of benzene rings is 1. The summed E-state index contributed by atoms with van der Waals surface area (Å²) in [6.07, 6.45) is 1.83. The fourth-order valence-corrected chi connectivity index (χ4v) is 2.77. The average molecular weight is 267 g/mol. The third kappa shape index (κ3) is 1.83. The number of hydrogen-bond donors (Lipinski definition) is 0. The van der Waals surface area contributed by atoms with Crippen molar-refractivity contribution in [3.63, 3.8) is 0 Å². The van der Waals surface area contributed by atoms with Crippen molar-refractivity contribution < 1.29 is 4.79 Å². The summed E-state index contributed by atoms with van der Waals surface area (Å²) in [7, 11) is 0.